The van der Waals surface area contributed by atoms with Crippen LogP contribution in [0.5, 0.6) is 0 Å². The van der Waals surface area contributed by atoms with Crippen molar-refractivity contribution in [3.05, 3.63) is 29.8 Å². The number of nitrogens with one attached hydrogen (secondary N) is 1. The molecule has 1 atom stereocenters. The van der Waals surface area contributed by atoms with Crippen molar-refractivity contribution in [2.75, 3.05) is 18.5 Å². The fourth-order valence-electron chi connectivity index (χ4n) is 2.44. The lowest BCUT2D eigenvalue weighted by molar-refractivity contribution is -0.137. The number of hydrogen-bond acceptors (Lipinski definition) is 2. The average molecular weight is 273 g/mol. The van der Waals surface area contributed by atoms with Gasteiger partial charge in [-0.15, -0.1) is 0 Å². The summed E-state index contributed by atoms with van der Waals surface area (Å²) in [5, 5.41) is 3.01. The van der Waals surface area contributed by atoms with Crippen LogP contribution in [-0.2, 0) is 10.9 Å². The highest BCUT2D eigenvalue weighted by atomic mass is 19.4. The lowest BCUT2D eigenvalue weighted by atomic mass is 9.92. The lowest BCUT2D eigenvalue weighted by Crippen LogP contribution is -2.31. The number of halogens is 3. The van der Waals surface area contributed by atoms with E-state index in [-0.39, 0.29) is 11.7 Å². The summed E-state index contributed by atoms with van der Waals surface area (Å²) in [6.07, 6.45) is -2.54. The summed E-state index contributed by atoms with van der Waals surface area (Å²) in [7, 11) is 0. The molecule has 5 heteroatoms. The maximum atomic E-state index is 12.9. The molecule has 106 valence electrons. The molecule has 1 heterocycles. The van der Waals surface area contributed by atoms with Crippen LogP contribution in [0.25, 0.3) is 0 Å². The van der Waals surface area contributed by atoms with Gasteiger partial charge in [0, 0.05) is 24.9 Å². The fourth-order valence-corrected chi connectivity index (χ4v) is 2.44. The summed E-state index contributed by atoms with van der Waals surface area (Å²) < 4.78 is 43.9. The molecule has 0 bridgehead atoms. The maximum absolute atomic E-state index is 12.9. The molecule has 1 aliphatic heterocycles. The first kappa shape index (κ1) is 14.2. The maximum Gasteiger partial charge on any atom is 0.418 e. The summed E-state index contributed by atoms with van der Waals surface area (Å²) in [6.45, 7) is 3.32. The SMILES string of the molecule is CC(Nc1ccccc1C(F)(F)F)C1CCOCC1. The quantitative estimate of drug-likeness (QED) is 0.901. The van der Waals surface area contributed by atoms with Crippen molar-refractivity contribution in [2.24, 2.45) is 5.92 Å². The van der Waals surface area contributed by atoms with Crippen LogP contribution in [0, 0.1) is 5.92 Å². The van der Waals surface area contributed by atoms with Crippen molar-refractivity contribution in [1.29, 1.82) is 0 Å². The van der Waals surface area contributed by atoms with Gasteiger partial charge in [-0.25, -0.2) is 0 Å². The molecule has 1 aromatic carbocycles. The van der Waals surface area contributed by atoms with Gasteiger partial charge in [0.05, 0.1) is 5.56 Å². The van der Waals surface area contributed by atoms with Crippen LogP contribution < -0.4 is 5.32 Å². The zero-order valence-corrected chi connectivity index (χ0v) is 10.8. The van der Waals surface area contributed by atoms with Crippen LogP contribution in [0.4, 0.5) is 18.9 Å². The number of benzene rings is 1. The zero-order chi connectivity index (χ0) is 13.9. The van der Waals surface area contributed by atoms with Crippen molar-refractivity contribution >= 4 is 5.69 Å². The molecule has 1 aliphatic rings. The fraction of sp³-hybridized carbons (Fsp3) is 0.571. The minimum atomic E-state index is -4.32. The van der Waals surface area contributed by atoms with Gasteiger partial charge in [0.25, 0.3) is 0 Å². The Morgan fingerprint density at radius 2 is 1.84 bits per heavy atom. The number of rotatable bonds is 3. The molecule has 0 radical (unpaired) electrons. The van der Waals surface area contributed by atoms with E-state index in [1.54, 1.807) is 6.07 Å². The second kappa shape index (κ2) is 5.82. The van der Waals surface area contributed by atoms with Crippen molar-refractivity contribution < 1.29 is 17.9 Å². The Bertz CT molecular complexity index is 413. The molecule has 0 spiro atoms. The normalized spacial score (nSPS) is 19.2. The number of anilines is 1. The first-order valence-corrected chi connectivity index (χ1v) is 6.49. The van der Waals surface area contributed by atoms with Gasteiger partial charge in [-0.2, -0.15) is 13.2 Å². The monoisotopic (exact) mass is 273 g/mol. The van der Waals surface area contributed by atoms with Crippen LogP contribution >= 0.6 is 0 Å². The average Bonchev–Trinajstić information content (AvgIpc) is 2.39. The van der Waals surface area contributed by atoms with Crippen molar-refractivity contribution in [2.45, 2.75) is 32.0 Å². The van der Waals surface area contributed by atoms with Crippen LogP contribution in [0.1, 0.15) is 25.3 Å². The highest BCUT2D eigenvalue weighted by molar-refractivity contribution is 5.53. The van der Waals surface area contributed by atoms with Crippen molar-refractivity contribution in [3.63, 3.8) is 0 Å². The van der Waals surface area contributed by atoms with E-state index >= 15 is 0 Å². The predicted molar refractivity (Wildman–Crippen MR) is 68.1 cm³/mol. The Labute approximate surface area is 111 Å². The molecule has 1 N–H and O–H groups in total. The van der Waals surface area contributed by atoms with Gasteiger partial charge in [-0.05, 0) is 37.8 Å². The molecule has 0 aromatic heterocycles. The molecular formula is C14H18F3NO. The smallest absolute Gasteiger partial charge is 0.382 e. The van der Waals surface area contributed by atoms with E-state index in [0.717, 1.165) is 18.9 Å². The van der Waals surface area contributed by atoms with Gasteiger partial charge >= 0.3 is 6.18 Å². The summed E-state index contributed by atoms with van der Waals surface area (Å²) in [4.78, 5) is 0. The van der Waals surface area contributed by atoms with Crippen LogP contribution in [-0.4, -0.2) is 19.3 Å². The highest BCUT2D eigenvalue weighted by Gasteiger charge is 2.33. The summed E-state index contributed by atoms with van der Waals surface area (Å²) >= 11 is 0. The third-order valence-electron chi connectivity index (χ3n) is 3.59. The Balaban J connectivity index is 2.10. The molecule has 19 heavy (non-hydrogen) atoms. The standard InChI is InChI=1S/C14H18F3NO/c1-10(11-6-8-19-9-7-11)18-13-5-3-2-4-12(13)14(15,16)17/h2-5,10-11,18H,6-9H2,1H3. The van der Waals surface area contributed by atoms with Gasteiger partial charge < -0.3 is 10.1 Å². The van der Waals surface area contributed by atoms with E-state index < -0.39 is 11.7 Å². The molecule has 0 amide bonds. The second-order valence-electron chi connectivity index (χ2n) is 4.93. The Morgan fingerprint density at radius 3 is 2.47 bits per heavy atom. The molecular weight excluding hydrogens is 255 g/mol. The van der Waals surface area contributed by atoms with Gasteiger partial charge in [0.2, 0.25) is 0 Å². The first-order chi connectivity index (χ1) is 8.98. The summed E-state index contributed by atoms with van der Waals surface area (Å²) in [5.74, 6) is 0.357. The molecule has 1 unspecified atom stereocenters. The van der Waals surface area contributed by atoms with E-state index in [4.69, 9.17) is 4.74 Å². The van der Waals surface area contributed by atoms with Crippen LogP contribution in [0.3, 0.4) is 0 Å². The van der Waals surface area contributed by atoms with Crippen molar-refractivity contribution in [3.8, 4) is 0 Å². The summed E-state index contributed by atoms with van der Waals surface area (Å²) in [6, 6.07) is 5.63. The Kier molecular flexibility index (Phi) is 4.34. The highest BCUT2D eigenvalue weighted by Crippen LogP contribution is 2.35. The number of para-hydroxylation sites is 1. The van der Waals surface area contributed by atoms with Gasteiger partial charge in [-0.1, -0.05) is 12.1 Å². The lowest BCUT2D eigenvalue weighted by Gasteiger charge is -2.29. The molecule has 1 aromatic rings. The van der Waals surface area contributed by atoms with E-state index in [0.29, 0.717) is 19.1 Å². The van der Waals surface area contributed by atoms with E-state index in [1.165, 1.54) is 12.1 Å². The molecule has 2 nitrogen and oxygen atoms in total. The Hall–Kier alpha value is -1.23. The van der Waals surface area contributed by atoms with Gasteiger partial charge in [0.1, 0.15) is 0 Å². The van der Waals surface area contributed by atoms with Crippen LogP contribution in [0.15, 0.2) is 24.3 Å². The van der Waals surface area contributed by atoms with Crippen molar-refractivity contribution in [1.82, 2.24) is 0 Å². The number of alkyl halides is 3. The molecule has 2 rings (SSSR count). The van der Waals surface area contributed by atoms with Gasteiger partial charge in [0.15, 0.2) is 0 Å². The number of hydrogen-bond donors (Lipinski definition) is 1. The van der Waals surface area contributed by atoms with E-state index in [9.17, 15) is 13.2 Å². The molecule has 0 aliphatic carbocycles. The summed E-state index contributed by atoms with van der Waals surface area (Å²) in [5.41, 5.74) is -0.442. The third kappa shape index (κ3) is 3.62. The van der Waals surface area contributed by atoms with E-state index in [2.05, 4.69) is 5.32 Å². The zero-order valence-electron chi connectivity index (χ0n) is 10.8. The number of ether oxygens (including phenoxy) is 1. The Morgan fingerprint density at radius 1 is 1.21 bits per heavy atom. The molecule has 1 fully saturated rings. The van der Waals surface area contributed by atoms with Crippen LogP contribution in [0.2, 0.25) is 0 Å². The second-order valence-corrected chi connectivity index (χ2v) is 4.93. The first-order valence-electron chi connectivity index (χ1n) is 6.49. The topological polar surface area (TPSA) is 21.3 Å². The third-order valence-corrected chi connectivity index (χ3v) is 3.59. The largest absolute Gasteiger partial charge is 0.418 e. The molecule has 1 saturated heterocycles. The van der Waals surface area contributed by atoms with E-state index in [1.807, 2.05) is 6.92 Å². The predicted octanol–water partition coefficient (Wildman–Crippen LogP) is 3.93. The molecule has 0 saturated carbocycles. The van der Waals surface area contributed by atoms with Gasteiger partial charge in [-0.3, -0.25) is 0 Å². The minimum Gasteiger partial charge on any atom is -0.382 e. The minimum absolute atomic E-state index is 0.00685.